The van der Waals surface area contributed by atoms with Crippen LogP contribution in [-0.4, -0.2) is 65.4 Å². The Morgan fingerprint density at radius 3 is 2.45 bits per heavy atom. The van der Waals surface area contributed by atoms with Crippen molar-refractivity contribution in [2.45, 2.75) is 84.4 Å². The number of aliphatic hydroxyl groups is 2. The van der Waals surface area contributed by atoms with Crippen LogP contribution in [0.25, 0.3) is 11.3 Å². The lowest BCUT2D eigenvalue weighted by Crippen LogP contribution is -2.54. The summed E-state index contributed by atoms with van der Waals surface area (Å²) in [5, 5.41) is 27.7. The van der Waals surface area contributed by atoms with Crippen molar-refractivity contribution in [2.24, 2.45) is 11.3 Å². The van der Waals surface area contributed by atoms with E-state index in [1.165, 1.54) is 16.8 Å². The van der Waals surface area contributed by atoms with Crippen LogP contribution in [0.3, 0.4) is 0 Å². The van der Waals surface area contributed by atoms with E-state index < -0.39 is 59.6 Å². The minimum Gasteiger partial charge on any atom is -0.434 e. The van der Waals surface area contributed by atoms with E-state index in [9.17, 15) is 37.0 Å². The van der Waals surface area contributed by atoms with E-state index in [-0.39, 0.29) is 53.0 Å². The highest BCUT2D eigenvalue weighted by atomic mass is 35.5. The van der Waals surface area contributed by atoms with Crippen molar-refractivity contribution in [3.63, 3.8) is 0 Å². The van der Waals surface area contributed by atoms with Gasteiger partial charge in [-0.15, -0.1) is 0 Å². The SMILES string of the molecule is CCn1nc(C(=O)NC[C@]2(O)CC[C@H](C)C[C@H]2O)c(Cl)c1-c1ccc(CC(C)(C)C(F)(F)F)cc1OC(F)F.O=S=O. The van der Waals surface area contributed by atoms with Crippen LogP contribution < -0.4 is 10.1 Å². The lowest BCUT2D eigenvalue weighted by atomic mass is 9.77. The van der Waals surface area contributed by atoms with E-state index in [1.54, 1.807) is 6.92 Å². The number of ether oxygens (including phenoxy) is 1. The maximum absolute atomic E-state index is 13.4. The molecular weight excluding hydrogens is 613 g/mol. The molecule has 1 heterocycles. The number of aromatic nitrogens is 2. The van der Waals surface area contributed by atoms with Gasteiger partial charge in [0.15, 0.2) is 5.69 Å². The van der Waals surface area contributed by atoms with Crippen LogP contribution in [0.4, 0.5) is 22.0 Å². The molecule has 0 bridgehead atoms. The molecule has 1 aliphatic carbocycles. The van der Waals surface area contributed by atoms with E-state index in [0.29, 0.717) is 12.8 Å². The Balaban J connectivity index is 0.00000197. The summed E-state index contributed by atoms with van der Waals surface area (Å²) in [5.74, 6) is -0.950. The summed E-state index contributed by atoms with van der Waals surface area (Å²) in [5.41, 5.74) is -3.71. The average molecular weight is 646 g/mol. The Kier molecular flexibility index (Phi) is 12.1. The number of amides is 1. The number of nitrogens with zero attached hydrogens (tertiary/aromatic N) is 2. The average Bonchev–Trinajstić information content (AvgIpc) is 3.21. The summed E-state index contributed by atoms with van der Waals surface area (Å²) in [6, 6.07) is 3.75. The molecule has 42 heavy (non-hydrogen) atoms. The van der Waals surface area contributed by atoms with Crippen LogP contribution in [-0.2, 0) is 24.5 Å². The first-order valence-electron chi connectivity index (χ1n) is 12.9. The van der Waals surface area contributed by atoms with Gasteiger partial charge in [0.05, 0.1) is 22.2 Å². The molecule has 1 fully saturated rings. The highest BCUT2D eigenvalue weighted by Crippen LogP contribution is 2.43. The van der Waals surface area contributed by atoms with Crippen LogP contribution in [0, 0.1) is 11.3 Å². The Morgan fingerprint density at radius 2 is 1.93 bits per heavy atom. The van der Waals surface area contributed by atoms with E-state index >= 15 is 0 Å². The highest BCUT2D eigenvalue weighted by molar-refractivity contribution is 7.51. The molecular formula is C26H33ClF5N3O6S. The van der Waals surface area contributed by atoms with E-state index in [2.05, 4.69) is 15.2 Å². The normalized spacial score (nSPS) is 21.0. The second kappa shape index (κ2) is 14.2. The molecule has 1 aromatic carbocycles. The quantitative estimate of drug-likeness (QED) is 0.330. The second-order valence-electron chi connectivity index (χ2n) is 10.8. The molecule has 1 aliphatic rings. The van der Waals surface area contributed by atoms with Gasteiger partial charge >= 0.3 is 24.4 Å². The Hall–Kier alpha value is -2.62. The van der Waals surface area contributed by atoms with E-state index in [0.717, 1.165) is 19.9 Å². The van der Waals surface area contributed by atoms with Crippen LogP contribution in [0.1, 0.15) is 63.0 Å². The van der Waals surface area contributed by atoms with Crippen LogP contribution in [0.5, 0.6) is 5.75 Å². The summed E-state index contributed by atoms with van der Waals surface area (Å²) < 4.78 is 89.3. The number of carbonyl (C=O) groups excluding carboxylic acids is 1. The van der Waals surface area contributed by atoms with Gasteiger partial charge in [-0.05, 0) is 56.2 Å². The van der Waals surface area contributed by atoms with Crippen molar-refractivity contribution in [1.29, 1.82) is 0 Å². The Bertz CT molecular complexity index is 1290. The smallest absolute Gasteiger partial charge is 0.394 e. The molecule has 1 aromatic heterocycles. The fourth-order valence-corrected chi connectivity index (χ4v) is 4.98. The molecule has 1 amide bonds. The van der Waals surface area contributed by atoms with Gasteiger partial charge in [0.2, 0.25) is 0 Å². The Morgan fingerprint density at radius 1 is 1.31 bits per heavy atom. The summed E-state index contributed by atoms with van der Waals surface area (Å²) >= 11 is 5.76. The molecule has 0 unspecified atom stereocenters. The summed E-state index contributed by atoms with van der Waals surface area (Å²) in [6.07, 6.45) is -4.72. The molecule has 3 atom stereocenters. The van der Waals surface area contributed by atoms with Crippen molar-refractivity contribution in [1.82, 2.24) is 15.1 Å². The minimum atomic E-state index is -4.53. The molecule has 0 aliphatic heterocycles. The number of hydrogen-bond donors (Lipinski definition) is 3. The number of nitrogens with one attached hydrogen (secondary N) is 1. The van der Waals surface area contributed by atoms with Crippen LogP contribution in [0.15, 0.2) is 18.2 Å². The maximum Gasteiger partial charge on any atom is 0.394 e. The van der Waals surface area contributed by atoms with Crippen LogP contribution in [0.2, 0.25) is 5.02 Å². The molecule has 3 rings (SSSR count). The summed E-state index contributed by atoms with van der Waals surface area (Å²) in [4.78, 5) is 13.0. The number of halogens is 6. The molecule has 0 spiro atoms. The number of carbonyl (C=O) groups is 1. The van der Waals surface area contributed by atoms with Gasteiger partial charge in [-0.25, -0.2) is 0 Å². The summed E-state index contributed by atoms with van der Waals surface area (Å²) in [7, 11) is 0. The first kappa shape index (κ1) is 35.6. The zero-order valence-corrected chi connectivity index (χ0v) is 24.9. The molecule has 236 valence electrons. The topological polar surface area (TPSA) is 131 Å². The standard InChI is InChI=1S/C26H33ClF5N3O4.O2S/c1-5-35-21(16-7-6-15(11-17(16)39-23(28)29)12-24(3,4)26(30,31)32)19(27)20(34-35)22(37)33-13-25(38)9-8-14(2)10-18(25)36;1-3-2/h6-7,11,14,18,23,36,38H,5,8-10,12-13H2,1-4H3,(H,33,37);/t14-,18+,25+;/m0./s1. The van der Waals surface area contributed by atoms with Crippen molar-refractivity contribution in [2.75, 3.05) is 6.54 Å². The largest absolute Gasteiger partial charge is 0.434 e. The first-order chi connectivity index (χ1) is 19.4. The minimum absolute atomic E-state index is 0.0117. The van der Waals surface area contributed by atoms with Gasteiger partial charge in [0.25, 0.3) is 5.91 Å². The molecule has 2 aromatic rings. The van der Waals surface area contributed by atoms with Crippen molar-refractivity contribution < 1.29 is 50.1 Å². The first-order valence-corrected chi connectivity index (χ1v) is 14.0. The Labute approximate surface area is 248 Å². The van der Waals surface area contributed by atoms with Gasteiger partial charge in [0.1, 0.15) is 11.4 Å². The van der Waals surface area contributed by atoms with Crippen molar-refractivity contribution in [3.05, 3.63) is 34.5 Å². The van der Waals surface area contributed by atoms with Crippen molar-refractivity contribution >= 4 is 29.1 Å². The third-order valence-electron chi connectivity index (χ3n) is 7.21. The second-order valence-corrected chi connectivity index (χ2v) is 11.4. The number of aryl methyl sites for hydroxylation is 1. The number of aliphatic hydroxyl groups excluding tert-OH is 1. The third-order valence-corrected chi connectivity index (χ3v) is 7.57. The summed E-state index contributed by atoms with van der Waals surface area (Å²) in [6.45, 7) is 2.27. The van der Waals surface area contributed by atoms with Gasteiger partial charge in [-0.1, -0.05) is 38.4 Å². The fraction of sp³-hybridized carbons (Fsp3) is 0.615. The van der Waals surface area contributed by atoms with Gasteiger partial charge in [-0.2, -0.15) is 35.5 Å². The van der Waals surface area contributed by atoms with Gasteiger partial charge in [0, 0.05) is 18.7 Å². The molecule has 9 nitrogen and oxygen atoms in total. The predicted octanol–water partition coefficient (Wildman–Crippen LogP) is 4.93. The number of alkyl halides is 5. The zero-order valence-electron chi connectivity index (χ0n) is 23.3. The molecule has 1 saturated carbocycles. The predicted molar refractivity (Wildman–Crippen MR) is 144 cm³/mol. The lowest BCUT2D eigenvalue weighted by Gasteiger charge is -2.39. The van der Waals surface area contributed by atoms with E-state index in [1.807, 2.05) is 6.92 Å². The lowest BCUT2D eigenvalue weighted by molar-refractivity contribution is -0.211. The monoisotopic (exact) mass is 645 g/mol. The third kappa shape index (κ3) is 8.48. The fourth-order valence-electron chi connectivity index (χ4n) is 4.65. The molecule has 16 heteroatoms. The highest BCUT2D eigenvalue weighted by Gasteiger charge is 2.47. The molecule has 0 radical (unpaired) electrons. The number of benzene rings is 1. The van der Waals surface area contributed by atoms with Gasteiger partial charge in [-0.3, -0.25) is 9.48 Å². The van der Waals surface area contributed by atoms with Gasteiger partial charge < -0.3 is 20.3 Å². The number of rotatable bonds is 9. The molecule has 3 N–H and O–H groups in total. The van der Waals surface area contributed by atoms with E-state index in [4.69, 9.17) is 20.0 Å². The number of hydrogen-bond acceptors (Lipinski definition) is 7. The van der Waals surface area contributed by atoms with Crippen LogP contribution >= 0.6 is 11.6 Å². The molecule has 0 saturated heterocycles. The maximum atomic E-state index is 13.4. The van der Waals surface area contributed by atoms with Crippen molar-refractivity contribution in [3.8, 4) is 17.0 Å². The zero-order chi connectivity index (χ0) is 32.0.